The van der Waals surface area contributed by atoms with E-state index in [1.54, 1.807) is 17.4 Å². The molecule has 0 N–H and O–H groups in total. The Bertz CT molecular complexity index is 1080. The van der Waals surface area contributed by atoms with Crippen LogP contribution in [0, 0.1) is 6.92 Å². The van der Waals surface area contributed by atoms with Gasteiger partial charge in [-0.05, 0) is 24.6 Å². The van der Waals surface area contributed by atoms with Crippen LogP contribution in [0.25, 0.3) is 21.5 Å². The van der Waals surface area contributed by atoms with Gasteiger partial charge in [0, 0.05) is 28.5 Å². The highest BCUT2D eigenvalue weighted by Crippen LogP contribution is 2.25. The summed E-state index contributed by atoms with van der Waals surface area (Å²) in [5, 5.41) is 3.87. The fourth-order valence-electron chi connectivity index (χ4n) is 2.64. The van der Waals surface area contributed by atoms with Gasteiger partial charge < -0.3 is 9.15 Å². The maximum Gasteiger partial charge on any atom is 0.336 e. The van der Waals surface area contributed by atoms with Crippen LogP contribution in [0.15, 0.2) is 69.2 Å². The second-order valence-corrected chi connectivity index (χ2v) is 6.56. The number of rotatable bonds is 4. The molecule has 0 radical (unpaired) electrons. The van der Waals surface area contributed by atoms with E-state index in [1.807, 2.05) is 54.8 Å². The van der Waals surface area contributed by atoms with Crippen molar-refractivity contribution >= 4 is 22.3 Å². The average molecular weight is 349 g/mol. The van der Waals surface area contributed by atoms with Gasteiger partial charge in [-0.2, -0.15) is 0 Å². The fourth-order valence-corrected chi connectivity index (χ4v) is 3.45. The molecule has 2 heterocycles. The van der Waals surface area contributed by atoms with Gasteiger partial charge in [-0.1, -0.05) is 30.3 Å². The number of aryl methyl sites for hydroxylation is 1. The summed E-state index contributed by atoms with van der Waals surface area (Å²) >= 11 is 1.59. The Morgan fingerprint density at radius 1 is 1.12 bits per heavy atom. The van der Waals surface area contributed by atoms with Crippen molar-refractivity contribution in [2.75, 3.05) is 0 Å². The number of nitrogens with zero attached hydrogens (tertiary/aromatic N) is 1. The lowest BCUT2D eigenvalue weighted by atomic mass is 10.1. The van der Waals surface area contributed by atoms with Crippen LogP contribution in [-0.2, 0) is 6.61 Å². The molecule has 4 aromatic rings. The van der Waals surface area contributed by atoms with Crippen LogP contribution in [0.3, 0.4) is 0 Å². The van der Waals surface area contributed by atoms with Crippen LogP contribution >= 0.6 is 11.3 Å². The molecule has 25 heavy (non-hydrogen) atoms. The topological polar surface area (TPSA) is 52.3 Å². The Morgan fingerprint density at radius 3 is 2.80 bits per heavy atom. The molecule has 124 valence electrons. The monoisotopic (exact) mass is 349 g/mol. The highest BCUT2D eigenvalue weighted by atomic mass is 32.1. The summed E-state index contributed by atoms with van der Waals surface area (Å²) in [5.41, 5.74) is 3.04. The summed E-state index contributed by atoms with van der Waals surface area (Å²) in [6.07, 6.45) is 0. The maximum absolute atomic E-state index is 11.5. The van der Waals surface area contributed by atoms with E-state index < -0.39 is 0 Å². The largest absolute Gasteiger partial charge is 0.487 e. The van der Waals surface area contributed by atoms with E-state index in [1.165, 1.54) is 6.07 Å². The lowest BCUT2D eigenvalue weighted by Crippen LogP contribution is -1.99. The Balaban J connectivity index is 1.53. The zero-order valence-electron chi connectivity index (χ0n) is 13.6. The minimum atomic E-state index is -0.353. The lowest BCUT2D eigenvalue weighted by molar-refractivity contribution is 0.302. The van der Waals surface area contributed by atoms with Gasteiger partial charge in [-0.25, -0.2) is 9.78 Å². The third-order valence-corrected chi connectivity index (χ3v) is 4.82. The van der Waals surface area contributed by atoms with Crippen LogP contribution in [0.2, 0.25) is 0 Å². The molecule has 2 aromatic carbocycles. The smallest absolute Gasteiger partial charge is 0.336 e. The summed E-state index contributed by atoms with van der Waals surface area (Å²) in [6.45, 7) is 2.26. The molecule has 0 unspecified atom stereocenters. The Labute approximate surface area is 148 Å². The molecule has 4 rings (SSSR count). The minimum Gasteiger partial charge on any atom is -0.487 e. The van der Waals surface area contributed by atoms with Gasteiger partial charge in [-0.15, -0.1) is 11.3 Å². The van der Waals surface area contributed by atoms with Crippen molar-refractivity contribution < 1.29 is 9.15 Å². The summed E-state index contributed by atoms with van der Waals surface area (Å²) in [6, 6.07) is 17.1. The highest BCUT2D eigenvalue weighted by Gasteiger charge is 2.07. The zero-order chi connectivity index (χ0) is 17.2. The molecule has 0 atom stereocenters. The van der Waals surface area contributed by atoms with Gasteiger partial charge in [-0.3, -0.25) is 0 Å². The van der Waals surface area contributed by atoms with Crippen LogP contribution in [-0.4, -0.2) is 4.98 Å². The van der Waals surface area contributed by atoms with Gasteiger partial charge in [0.1, 0.15) is 22.9 Å². The molecule has 0 aliphatic rings. The number of hydrogen-bond donors (Lipinski definition) is 0. The molecule has 0 aliphatic heterocycles. The summed E-state index contributed by atoms with van der Waals surface area (Å²) in [5.74, 6) is 0.649. The lowest BCUT2D eigenvalue weighted by Gasteiger charge is -2.06. The number of benzene rings is 2. The molecular formula is C20H15NO3S. The van der Waals surface area contributed by atoms with Gasteiger partial charge in [0.05, 0.1) is 5.69 Å². The van der Waals surface area contributed by atoms with Crippen molar-refractivity contribution in [2.24, 2.45) is 0 Å². The summed E-state index contributed by atoms with van der Waals surface area (Å²) in [7, 11) is 0. The Hall–Kier alpha value is -2.92. The molecule has 0 spiro atoms. The van der Waals surface area contributed by atoms with E-state index in [0.717, 1.165) is 27.2 Å². The van der Waals surface area contributed by atoms with Crippen molar-refractivity contribution in [1.29, 1.82) is 0 Å². The van der Waals surface area contributed by atoms with Crippen molar-refractivity contribution in [3.63, 3.8) is 0 Å². The van der Waals surface area contributed by atoms with E-state index in [0.29, 0.717) is 17.9 Å². The van der Waals surface area contributed by atoms with E-state index >= 15 is 0 Å². The predicted octanol–water partition coefficient (Wildman–Crippen LogP) is 4.80. The molecule has 2 aromatic heterocycles. The fraction of sp³-hybridized carbons (Fsp3) is 0.100. The molecular weight excluding hydrogens is 334 g/mol. The molecule has 5 heteroatoms. The molecule has 0 saturated carbocycles. The first-order valence-electron chi connectivity index (χ1n) is 7.86. The highest BCUT2D eigenvalue weighted by molar-refractivity contribution is 7.13. The van der Waals surface area contributed by atoms with Gasteiger partial charge in [0.25, 0.3) is 0 Å². The predicted molar refractivity (Wildman–Crippen MR) is 99.1 cm³/mol. The maximum atomic E-state index is 11.5. The molecule has 4 nitrogen and oxygen atoms in total. The van der Waals surface area contributed by atoms with Crippen LogP contribution in [0.1, 0.15) is 11.3 Å². The average Bonchev–Trinajstić information content (AvgIpc) is 3.09. The minimum absolute atomic E-state index is 0.353. The Kier molecular flexibility index (Phi) is 4.07. The normalized spacial score (nSPS) is 10.9. The SMILES string of the molecule is Cc1cc(=O)oc2cc(OCc3csc(-c4ccccc4)n3)ccc12. The number of thiazole rings is 1. The molecule has 0 saturated heterocycles. The quantitative estimate of drug-likeness (QED) is 0.496. The van der Waals surface area contributed by atoms with E-state index in [2.05, 4.69) is 4.98 Å². The molecule has 0 amide bonds. The summed E-state index contributed by atoms with van der Waals surface area (Å²) in [4.78, 5) is 16.1. The van der Waals surface area contributed by atoms with Crippen molar-refractivity contribution in [3.05, 3.63) is 81.7 Å². The first-order chi connectivity index (χ1) is 12.2. The van der Waals surface area contributed by atoms with E-state index in [9.17, 15) is 4.79 Å². The van der Waals surface area contributed by atoms with E-state index in [4.69, 9.17) is 9.15 Å². The second-order valence-electron chi connectivity index (χ2n) is 5.71. The molecule has 0 bridgehead atoms. The first kappa shape index (κ1) is 15.6. The van der Waals surface area contributed by atoms with Crippen LogP contribution in [0.5, 0.6) is 5.75 Å². The number of hydrogen-bond acceptors (Lipinski definition) is 5. The van der Waals surface area contributed by atoms with Crippen molar-refractivity contribution in [3.8, 4) is 16.3 Å². The van der Waals surface area contributed by atoms with Gasteiger partial charge in [0.2, 0.25) is 0 Å². The third kappa shape index (κ3) is 3.32. The van der Waals surface area contributed by atoms with Gasteiger partial charge >= 0.3 is 5.63 Å². The Morgan fingerprint density at radius 2 is 1.96 bits per heavy atom. The first-order valence-corrected chi connectivity index (χ1v) is 8.74. The zero-order valence-corrected chi connectivity index (χ0v) is 14.4. The molecule has 0 aliphatic carbocycles. The van der Waals surface area contributed by atoms with E-state index in [-0.39, 0.29) is 5.63 Å². The van der Waals surface area contributed by atoms with Crippen molar-refractivity contribution in [1.82, 2.24) is 4.98 Å². The van der Waals surface area contributed by atoms with Gasteiger partial charge in [0.15, 0.2) is 0 Å². The number of ether oxygens (including phenoxy) is 1. The second kappa shape index (κ2) is 6.53. The van der Waals surface area contributed by atoms with Crippen molar-refractivity contribution in [2.45, 2.75) is 13.5 Å². The standard InChI is InChI=1S/C20H15NO3S/c1-13-9-19(22)24-18-10-16(7-8-17(13)18)23-11-15-12-25-20(21-15)14-5-3-2-4-6-14/h2-10,12H,11H2,1H3. The van der Waals surface area contributed by atoms with Crippen LogP contribution in [0.4, 0.5) is 0 Å². The molecule has 0 fully saturated rings. The number of fused-ring (bicyclic) bond motifs is 1. The third-order valence-electron chi connectivity index (χ3n) is 3.88. The summed E-state index contributed by atoms with van der Waals surface area (Å²) < 4.78 is 11.1. The van der Waals surface area contributed by atoms with Crippen LogP contribution < -0.4 is 10.4 Å². The number of aromatic nitrogens is 1.